The molecule has 0 spiro atoms. The summed E-state index contributed by atoms with van der Waals surface area (Å²) >= 11 is 0. The smallest absolute Gasteiger partial charge is 0.338 e. The van der Waals surface area contributed by atoms with E-state index in [0.29, 0.717) is 18.4 Å². The first-order valence-corrected chi connectivity index (χ1v) is 10.3. The van der Waals surface area contributed by atoms with Crippen LogP contribution >= 0.6 is 0 Å². The van der Waals surface area contributed by atoms with Crippen molar-refractivity contribution in [2.45, 2.75) is 44.9 Å². The lowest BCUT2D eigenvalue weighted by Gasteiger charge is -2.24. The molecule has 0 aromatic heterocycles. The third kappa shape index (κ3) is 4.56. The van der Waals surface area contributed by atoms with Crippen LogP contribution in [0.2, 0.25) is 0 Å². The second kappa shape index (κ2) is 8.60. The Balaban J connectivity index is 1.27. The minimum Gasteiger partial charge on any atom is -0.462 e. The highest BCUT2D eigenvalue weighted by molar-refractivity contribution is 6.00. The van der Waals surface area contributed by atoms with Crippen LogP contribution in [0.25, 0.3) is 0 Å². The minimum atomic E-state index is -0.366. The number of fused-ring (bicyclic) bond motifs is 1. The molecule has 0 saturated heterocycles. The Morgan fingerprint density at radius 1 is 1.00 bits per heavy atom. The summed E-state index contributed by atoms with van der Waals surface area (Å²) in [4.78, 5) is 36.2. The van der Waals surface area contributed by atoms with Crippen molar-refractivity contribution < 1.29 is 19.1 Å². The molecule has 4 rings (SSSR count). The standard InChI is InChI=1S/C24H25NO4/c26-22-6-2-5-18-15-19(9-12-21(18)22)24(28)29-14-13-16-7-10-20(11-8-16)25-23(27)17-3-1-4-17/h7-12,15,17H,1-6,13-14H2,(H,25,27). The van der Waals surface area contributed by atoms with E-state index in [1.807, 2.05) is 24.3 Å². The van der Waals surface area contributed by atoms with Gasteiger partial charge in [0, 0.05) is 30.0 Å². The number of carbonyl (C=O) groups is 3. The molecule has 2 aliphatic carbocycles. The Hall–Kier alpha value is -2.95. The third-order valence-electron chi connectivity index (χ3n) is 5.81. The van der Waals surface area contributed by atoms with Crippen molar-refractivity contribution in [2.24, 2.45) is 5.92 Å². The topological polar surface area (TPSA) is 72.5 Å². The van der Waals surface area contributed by atoms with Gasteiger partial charge >= 0.3 is 5.97 Å². The van der Waals surface area contributed by atoms with E-state index in [9.17, 15) is 14.4 Å². The average molecular weight is 391 g/mol. The Bertz CT molecular complexity index is 928. The Morgan fingerprint density at radius 2 is 1.79 bits per heavy atom. The third-order valence-corrected chi connectivity index (χ3v) is 5.81. The first kappa shape index (κ1) is 19.4. The molecule has 150 valence electrons. The summed E-state index contributed by atoms with van der Waals surface area (Å²) in [5.74, 6) is 0.0502. The SMILES string of the molecule is O=C(OCCc1ccc(NC(=O)C2CCC2)cc1)c1ccc2c(c1)CCCC2=O. The van der Waals surface area contributed by atoms with E-state index in [-0.39, 0.29) is 30.2 Å². The lowest BCUT2D eigenvalue weighted by Crippen LogP contribution is -2.27. The number of nitrogens with one attached hydrogen (secondary N) is 1. The van der Waals surface area contributed by atoms with Gasteiger partial charge < -0.3 is 10.1 Å². The number of aryl methyl sites for hydroxylation is 1. The van der Waals surface area contributed by atoms with Crippen LogP contribution in [0, 0.1) is 5.92 Å². The van der Waals surface area contributed by atoms with Crippen molar-refractivity contribution in [3.8, 4) is 0 Å². The molecule has 5 heteroatoms. The van der Waals surface area contributed by atoms with Gasteiger partial charge in [0.2, 0.25) is 5.91 Å². The van der Waals surface area contributed by atoms with Crippen LogP contribution in [0.3, 0.4) is 0 Å². The van der Waals surface area contributed by atoms with Crippen LogP contribution in [-0.2, 0) is 22.4 Å². The number of hydrogen-bond acceptors (Lipinski definition) is 4. The minimum absolute atomic E-state index is 0.102. The van der Waals surface area contributed by atoms with Gasteiger partial charge in [-0.2, -0.15) is 0 Å². The van der Waals surface area contributed by atoms with Crippen molar-refractivity contribution in [3.05, 3.63) is 64.7 Å². The zero-order valence-electron chi connectivity index (χ0n) is 16.4. The van der Waals surface area contributed by atoms with Gasteiger partial charge in [-0.25, -0.2) is 4.79 Å². The van der Waals surface area contributed by atoms with E-state index in [0.717, 1.165) is 54.5 Å². The maximum atomic E-state index is 12.3. The van der Waals surface area contributed by atoms with Gasteiger partial charge in [-0.3, -0.25) is 9.59 Å². The number of ketones is 1. The first-order chi connectivity index (χ1) is 14.1. The molecule has 1 fully saturated rings. The zero-order chi connectivity index (χ0) is 20.2. The molecule has 2 aliphatic rings. The molecule has 1 N–H and O–H groups in total. The van der Waals surface area contributed by atoms with E-state index >= 15 is 0 Å². The number of benzene rings is 2. The van der Waals surface area contributed by atoms with Gasteiger partial charge in [0.25, 0.3) is 0 Å². The Morgan fingerprint density at radius 3 is 2.52 bits per heavy atom. The molecule has 0 heterocycles. The summed E-state index contributed by atoms with van der Waals surface area (Å²) in [6.45, 7) is 0.280. The number of rotatable bonds is 6. The molecule has 5 nitrogen and oxygen atoms in total. The molecular formula is C24H25NO4. The average Bonchev–Trinajstić information content (AvgIpc) is 2.68. The number of ether oxygens (including phenoxy) is 1. The quantitative estimate of drug-likeness (QED) is 0.744. The normalized spacial score (nSPS) is 15.9. The van der Waals surface area contributed by atoms with Crippen LogP contribution in [-0.4, -0.2) is 24.3 Å². The van der Waals surface area contributed by atoms with Gasteiger partial charge in [-0.1, -0.05) is 24.6 Å². The number of carbonyl (C=O) groups excluding carboxylic acids is 3. The van der Waals surface area contributed by atoms with Crippen molar-refractivity contribution in [1.82, 2.24) is 0 Å². The van der Waals surface area contributed by atoms with Gasteiger partial charge in [0.1, 0.15) is 0 Å². The zero-order valence-corrected chi connectivity index (χ0v) is 16.4. The van der Waals surface area contributed by atoms with Gasteiger partial charge in [0.05, 0.1) is 12.2 Å². The van der Waals surface area contributed by atoms with E-state index in [4.69, 9.17) is 4.74 Å². The molecule has 2 aromatic carbocycles. The number of Topliss-reactive ketones (excluding diaryl/α,β-unsaturated/α-hetero) is 1. The number of hydrogen-bond donors (Lipinski definition) is 1. The van der Waals surface area contributed by atoms with Crippen molar-refractivity contribution >= 4 is 23.3 Å². The van der Waals surface area contributed by atoms with Crippen LogP contribution in [0.1, 0.15) is 63.9 Å². The van der Waals surface area contributed by atoms with Crippen molar-refractivity contribution in [2.75, 3.05) is 11.9 Å². The first-order valence-electron chi connectivity index (χ1n) is 10.3. The number of amides is 1. The van der Waals surface area contributed by atoms with Gasteiger partial charge in [0.15, 0.2) is 5.78 Å². The second-order valence-corrected chi connectivity index (χ2v) is 7.85. The van der Waals surface area contributed by atoms with E-state index in [1.54, 1.807) is 18.2 Å². The van der Waals surface area contributed by atoms with Gasteiger partial charge in [-0.15, -0.1) is 0 Å². The van der Waals surface area contributed by atoms with Crippen molar-refractivity contribution in [1.29, 1.82) is 0 Å². The molecule has 2 aromatic rings. The lowest BCUT2D eigenvalue weighted by atomic mass is 9.85. The summed E-state index contributed by atoms with van der Waals surface area (Å²) in [7, 11) is 0. The highest BCUT2D eigenvalue weighted by Gasteiger charge is 2.25. The fraction of sp³-hybridized carbons (Fsp3) is 0.375. The summed E-state index contributed by atoms with van der Waals surface area (Å²) < 4.78 is 5.40. The molecule has 29 heavy (non-hydrogen) atoms. The highest BCUT2D eigenvalue weighted by atomic mass is 16.5. The molecule has 0 unspecified atom stereocenters. The summed E-state index contributed by atoms with van der Waals surface area (Å²) in [5, 5.41) is 2.95. The monoisotopic (exact) mass is 391 g/mol. The molecule has 0 aliphatic heterocycles. The predicted molar refractivity (Wildman–Crippen MR) is 110 cm³/mol. The van der Waals surface area contributed by atoms with Crippen LogP contribution in [0.15, 0.2) is 42.5 Å². The van der Waals surface area contributed by atoms with E-state index in [2.05, 4.69) is 5.32 Å². The fourth-order valence-corrected chi connectivity index (χ4v) is 3.79. The maximum Gasteiger partial charge on any atom is 0.338 e. The predicted octanol–water partition coefficient (Wildman–Crippen LogP) is 4.34. The van der Waals surface area contributed by atoms with Crippen molar-refractivity contribution in [3.63, 3.8) is 0 Å². The molecular weight excluding hydrogens is 366 g/mol. The lowest BCUT2D eigenvalue weighted by molar-refractivity contribution is -0.122. The van der Waals surface area contributed by atoms with Gasteiger partial charge in [-0.05, 0) is 61.1 Å². The Kier molecular flexibility index (Phi) is 5.74. The summed E-state index contributed by atoms with van der Waals surface area (Å²) in [6, 6.07) is 12.8. The Labute approximate surface area is 170 Å². The molecule has 0 radical (unpaired) electrons. The number of esters is 1. The molecule has 0 bridgehead atoms. The van der Waals surface area contributed by atoms with E-state index in [1.165, 1.54) is 0 Å². The second-order valence-electron chi connectivity index (χ2n) is 7.85. The molecule has 1 amide bonds. The largest absolute Gasteiger partial charge is 0.462 e. The number of anilines is 1. The fourth-order valence-electron chi connectivity index (χ4n) is 3.79. The highest BCUT2D eigenvalue weighted by Crippen LogP contribution is 2.27. The molecule has 0 atom stereocenters. The summed E-state index contributed by atoms with van der Waals surface area (Å²) in [5.41, 5.74) is 4.00. The van der Waals surface area contributed by atoms with Crippen LogP contribution in [0.4, 0.5) is 5.69 Å². The maximum absolute atomic E-state index is 12.3. The summed E-state index contributed by atoms with van der Waals surface area (Å²) in [6.07, 6.45) is 5.95. The molecule has 1 saturated carbocycles. The van der Waals surface area contributed by atoms with E-state index < -0.39 is 0 Å². The van der Waals surface area contributed by atoms with Crippen LogP contribution in [0.5, 0.6) is 0 Å². The van der Waals surface area contributed by atoms with Crippen LogP contribution < -0.4 is 5.32 Å².